The largest absolute Gasteiger partial charge is 0.481 e. The number of rotatable bonds is 4. The maximum Gasteiger partial charge on any atom is 0.311 e. The fourth-order valence-corrected chi connectivity index (χ4v) is 2.05. The van der Waals surface area contributed by atoms with Crippen molar-refractivity contribution in [3.05, 3.63) is 34.3 Å². The van der Waals surface area contributed by atoms with Crippen LogP contribution in [0.5, 0.6) is 0 Å². The standard InChI is InChI=1S/C10H10Cl2N2O2/c1-3-4-6(10(15)16)7-8(11)13-5(2)14-9(7)12/h3,6H,1,4H2,2H3,(H,15,16). The van der Waals surface area contributed by atoms with Crippen LogP contribution in [0.4, 0.5) is 0 Å². The molecule has 6 heteroatoms. The minimum absolute atomic E-state index is 0.0757. The average molecular weight is 261 g/mol. The molecule has 0 aromatic carbocycles. The van der Waals surface area contributed by atoms with E-state index in [2.05, 4.69) is 16.5 Å². The smallest absolute Gasteiger partial charge is 0.311 e. The van der Waals surface area contributed by atoms with E-state index in [0.29, 0.717) is 5.82 Å². The van der Waals surface area contributed by atoms with Gasteiger partial charge in [-0.1, -0.05) is 29.3 Å². The molecular formula is C10H10Cl2N2O2. The lowest BCUT2D eigenvalue weighted by molar-refractivity contribution is -0.138. The average Bonchev–Trinajstić information content (AvgIpc) is 2.14. The molecule has 0 saturated carbocycles. The van der Waals surface area contributed by atoms with Gasteiger partial charge in [-0.15, -0.1) is 6.58 Å². The van der Waals surface area contributed by atoms with E-state index in [4.69, 9.17) is 28.3 Å². The van der Waals surface area contributed by atoms with Gasteiger partial charge in [0.15, 0.2) is 0 Å². The Hall–Kier alpha value is -1.13. The molecule has 0 spiro atoms. The highest BCUT2D eigenvalue weighted by Crippen LogP contribution is 2.31. The quantitative estimate of drug-likeness (QED) is 0.668. The van der Waals surface area contributed by atoms with Gasteiger partial charge in [0.2, 0.25) is 0 Å². The van der Waals surface area contributed by atoms with Crippen LogP contribution in [0.3, 0.4) is 0 Å². The number of carboxylic acids is 1. The summed E-state index contributed by atoms with van der Waals surface area (Å²) in [5.41, 5.74) is 0.237. The van der Waals surface area contributed by atoms with Gasteiger partial charge in [-0.05, 0) is 13.3 Å². The fourth-order valence-electron chi connectivity index (χ4n) is 1.31. The van der Waals surface area contributed by atoms with E-state index >= 15 is 0 Å². The minimum atomic E-state index is -1.03. The highest BCUT2D eigenvalue weighted by atomic mass is 35.5. The molecule has 1 aromatic rings. The van der Waals surface area contributed by atoms with Crippen LogP contribution in [0.1, 0.15) is 23.7 Å². The maximum atomic E-state index is 11.1. The fraction of sp³-hybridized carbons (Fsp3) is 0.300. The second-order valence-electron chi connectivity index (χ2n) is 3.18. The van der Waals surface area contributed by atoms with E-state index < -0.39 is 11.9 Å². The third kappa shape index (κ3) is 2.71. The SMILES string of the molecule is C=CCC(C(=O)O)c1c(Cl)nc(C)nc1Cl. The first-order valence-corrected chi connectivity index (χ1v) is 5.26. The minimum Gasteiger partial charge on any atom is -0.481 e. The molecule has 0 bridgehead atoms. The van der Waals surface area contributed by atoms with Crippen molar-refractivity contribution in [3.63, 3.8) is 0 Å². The van der Waals surface area contributed by atoms with Crippen LogP contribution in [-0.2, 0) is 4.79 Å². The topological polar surface area (TPSA) is 63.1 Å². The maximum absolute atomic E-state index is 11.1. The molecule has 1 heterocycles. The normalized spacial score (nSPS) is 12.2. The first kappa shape index (κ1) is 12.9. The second-order valence-corrected chi connectivity index (χ2v) is 3.90. The zero-order valence-corrected chi connectivity index (χ0v) is 10.1. The van der Waals surface area contributed by atoms with Crippen molar-refractivity contribution in [2.24, 2.45) is 0 Å². The molecule has 0 aliphatic heterocycles. The molecule has 0 fully saturated rings. The lowest BCUT2D eigenvalue weighted by Gasteiger charge is -2.13. The van der Waals surface area contributed by atoms with Gasteiger partial charge in [0.05, 0.1) is 5.92 Å². The number of hydrogen-bond donors (Lipinski definition) is 1. The summed E-state index contributed by atoms with van der Waals surface area (Å²) in [4.78, 5) is 18.8. The Balaban J connectivity index is 3.28. The Morgan fingerprint density at radius 2 is 2.00 bits per heavy atom. The van der Waals surface area contributed by atoms with E-state index in [9.17, 15) is 4.79 Å². The number of carboxylic acid groups (broad SMARTS) is 1. The summed E-state index contributed by atoms with van der Waals surface area (Å²) < 4.78 is 0. The van der Waals surface area contributed by atoms with Crippen molar-refractivity contribution in [3.8, 4) is 0 Å². The molecule has 1 unspecified atom stereocenters. The van der Waals surface area contributed by atoms with Crippen LogP contribution in [0, 0.1) is 6.92 Å². The van der Waals surface area contributed by atoms with Crippen molar-refractivity contribution in [2.75, 3.05) is 0 Å². The van der Waals surface area contributed by atoms with Crippen LogP contribution in [0.25, 0.3) is 0 Å². The van der Waals surface area contributed by atoms with Crippen LogP contribution >= 0.6 is 23.2 Å². The van der Waals surface area contributed by atoms with Crippen molar-refractivity contribution < 1.29 is 9.90 Å². The predicted octanol–water partition coefficient (Wildman–Crippen LogP) is 2.84. The Morgan fingerprint density at radius 3 is 2.38 bits per heavy atom. The third-order valence-electron chi connectivity index (χ3n) is 2.01. The molecule has 86 valence electrons. The number of halogens is 2. The molecular weight excluding hydrogens is 251 g/mol. The van der Waals surface area contributed by atoms with Gasteiger partial charge in [0.1, 0.15) is 16.1 Å². The summed E-state index contributed by atoms with van der Waals surface area (Å²) in [5.74, 6) is -1.49. The van der Waals surface area contributed by atoms with E-state index in [0.717, 1.165) is 0 Å². The van der Waals surface area contributed by atoms with E-state index in [1.165, 1.54) is 6.08 Å². The molecule has 0 radical (unpaired) electrons. The Morgan fingerprint density at radius 1 is 1.50 bits per heavy atom. The number of carbonyl (C=O) groups is 1. The lowest BCUT2D eigenvalue weighted by Crippen LogP contribution is -2.13. The summed E-state index contributed by atoms with van der Waals surface area (Å²) in [7, 11) is 0. The van der Waals surface area contributed by atoms with E-state index in [1.807, 2.05) is 0 Å². The Kier molecular flexibility index (Phi) is 4.26. The van der Waals surface area contributed by atoms with Gasteiger partial charge in [-0.2, -0.15) is 0 Å². The summed E-state index contributed by atoms with van der Waals surface area (Å²) >= 11 is 11.8. The van der Waals surface area contributed by atoms with Crippen molar-refractivity contribution in [1.29, 1.82) is 0 Å². The zero-order chi connectivity index (χ0) is 12.3. The summed E-state index contributed by atoms with van der Waals surface area (Å²) in [6.07, 6.45) is 1.71. The zero-order valence-electron chi connectivity index (χ0n) is 8.57. The molecule has 0 aliphatic carbocycles. The molecule has 0 aliphatic rings. The number of aliphatic carboxylic acids is 1. The predicted molar refractivity (Wildman–Crippen MR) is 62.0 cm³/mol. The van der Waals surface area contributed by atoms with Crippen molar-refractivity contribution >= 4 is 29.2 Å². The van der Waals surface area contributed by atoms with Gasteiger partial charge in [0, 0.05) is 5.56 Å². The Labute approximate surface area is 103 Å². The number of aromatic nitrogens is 2. The highest BCUT2D eigenvalue weighted by molar-refractivity contribution is 6.35. The molecule has 16 heavy (non-hydrogen) atoms. The highest BCUT2D eigenvalue weighted by Gasteiger charge is 2.25. The van der Waals surface area contributed by atoms with Gasteiger partial charge in [-0.3, -0.25) is 4.79 Å². The summed E-state index contributed by atoms with van der Waals surface area (Å²) in [6, 6.07) is 0. The van der Waals surface area contributed by atoms with Gasteiger partial charge >= 0.3 is 5.97 Å². The molecule has 0 saturated heterocycles. The molecule has 1 aromatic heterocycles. The summed E-state index contributed by atoms with van der Waals surface area (Å²) in [5, 5.41) is 9.21. The van der Waals surface area contributed by atoms with Gasteiger partial charge in [0.25, 0.3) is 0 Å². The summed E-state index contributed by atoms with van der Waals surface area (Å²) in [6.45, 7) is 5.12. The monoisotopic (exact) mass is 260 g/mol. The molecule has 4 nitrogen and oxygen atoms in total. The second kappa shape index (κ2) is 5.27. The van der Waals surface area contributed by atoms with Crippen molar-refractivity contribution in [1.82, 2.24) is 9.97 Å². The number of allylic oxidation sites excluding steroid dienone is 1. The van der Waals surface area contributed by atoms with E-state index in [1.54, 1.807) is 6.92 Å². The molecule has 1 N–H and O–H groups in total. The number of hydrogen-bond acceptors (Lipinski definition) is 3. The van der Waals surface area contributed by atoms with Gasteiger partial charge < -0.3 is 5.11 Å². The Bertz CT molecular complexity index is 412. The number of nitrogens with zero attached hydrogens (tertiary/aromatic N) is 2. The van der Waals surface area contributed by atoms with Crippen LogP contribution in [0.15, 0.2) is 12.7 Å². The first-order valence-electron chi connectivity index (χ1n) is 4.50. The molecule has 1 rings (SSSR count). The van der Waals surface area contributed by atoms with Crippen LogP contribution in [-0.4, -0.2) is 21.0 Å². The van der Waals surface area contributed by atoms with Crippen LogP contribution in [0.2, 0.25) is 10.3 Å². The van der Waals surface area contributed by atoms with Crippen LogP contribution < -0.4 is 0 Å². The van der Waals surface area contributed by atoms with Crippen molar-refractivity contribution in [2.45, 2.75) is 19.3 Å². The molecule has 1 atom stereocenters. The van der Waals surface area contributed by atoms with Gasteiger partial charge in [-0.25, -0.2) is 9.97 Å². The number of aryl methyl sites for hydroxylation is 1. The molecule has 0 amide bonds. The lowest BCUT2D eigenvalue weighted by atomic mass is 9.98. The first-order chi connectivity index (χ1) is 7.47. The third-order valence-corrected chi connectivity index (χ3v) is 2.59. The van der Waals surface area contributed by atoms with E-state index in [-0.39, 0.29) is 22.3 Å².